The number of amides is 1. The van der Waals surface area contributed by atoms with Crippen LogP contribution >= 0.6 is 22.9 Å². The first kappa shape index (κ1) is 12.1. The minimum Gasteiger partial charge on any atom is -0.321 e. The molecule has 0 radical (unpaired) electrons. The van der Waals surface area contributed by atoms with Gasteiger partial charge in [-0.1, -0.05) is 18.5 Å². The molecule has 0 atom stereocenters. The predicted molar refractivity (Wildman–Crippen MR) is 70.9 cm³/mol. The Morgan fingerprint density at radius 2 is 2.35 bits per heavy atom. The van der Waals surface area contributed by atoms with Crippen molar-refractivity contribution in [2.75, 3.05) is 5.32 Å². The number of anilines is 1. The smallest absolute Gasteiger partial charge is 0.255 e. The third kappa shape index (κ3) is 3.05. The van der Waals surface area contributed by atoms with Crippen LogP contribution in [0.5, 0.6) is 0 Å². The van der Waals surface area contributed by atoms with Gasteiger partial charge in [-0.25, -0.2) is 4.98 Å². The molecule has 0 aliphatic carbocycles. The molecule has 0 fully saturated rings. The van der Waals surface area contributed by atoms with Crippen LogP contribution in [0.3, 0.4) is 0 Å². The zero-order valence-electron chi connectivity index (χ0n) is 9.24. The second kappa shape index (κ2) is 5.29. The first-order chi connectivity index (χ1) is 8.19. The van der Waals surface area contributed by atoms with Gasteiger partial charge in [-0.05, 0) is 30.0 Å². The molecule has 0 bridgehead atoms. The highest BCUT2D eigenvalue weighted by atomic mass is 35.5. The van der Waals surface area contributed by atoms with Crippen LogP contribution in [0.15, 0.2) is 29.0 Å². The zero-order valence-corrected chi connectivity index (χ0v) is 10.8. The molecule has 5 heteroatoms. The minimum atomic E-state index is -0.164. The van der Waals surface area contributed by atoms with Crippen molar-refractivity contribution in [3.8, 4) is 0 Å². The Morgan fingerprint density at radius 3 is 3.00 bits per heavy atom. The van der Waals surface area contributed by atoms with E-state index in [1.54, 1.807) is 12.1 Å². The molecule has 1 N–H and O–H groups in total. The van der Waals surface area contributed by atoms with Gasteiger partial charge in [-0.2, -0.15) is 11.3 Å². The summed E-state index contributed by atoms with van der Waals surface area (Å²) < 4.78 is 0. The van der Waals surface area contributed by atoms with Gasteiger partial charge in [0.15, 0.2) is 0 Å². The average Bonchev–Trinajstić information content (AvgIpc) is 2.81. The Bertz CT molecular complexity index is 525. The number of nitrogens with zero attached hydrogens (tertiary/aromatic N) is 1. The standard InChI is InChI=1S/C12H11ClN2OS/c1-2-9-5-8(6-11(13)14-9)12(16)15-10-3-4-17-7-10/h3-7H,2H2,1H3,(H,15,16). The van der Waals surface area contributed by atoms with Crippen LogP contribution in [-0.4, -0.2) is 10.9 Å². The Morgan fingerprint density at radius 1 is 1.53 bits per heavy atom. The summed E-state index contributed by atoms with van der Waals surface area (Å²) >= 11 is 7.40. The molecule has 2 aromatic rings. The number of aryl methyl sites for hydroxylation is 1. The van der Waals surface area contributed by atoms with Gasteiger partial charge in [-0.15, -0.1) is 0 Å². The highest BCUT2D eigenvalue weighted by Gasteiger charge is 2.09. The number of hydrogen-bond acceptors (Lipinski definition) is 3. The SMILES string of the molecule is CCc1cc(C(=O)Nc2ccsc2)cc(Cl)n1. The van der Waals surface area contributed by atoms with E-state index in [1.807, 2.05) is 23.8 Å². The van der Waals surface area contributed by atoms with Crippen LogP contribution in [0.25, 0.3) is 0 Å². The van der Waals surface area contributed by atoms with E-state index in [0.29, 0.717) is 10.7 Å². The number of thiophene rings is 1. The van der Waals surface area contributed by atoms with Crippen molar-refractivity contribution in [3.63, 3.8) is 0 Å². The number of rotatable bonds is 3. The Hall–Kier alpha value is -1.39. The van der Waals surface area contributed by atoms with E-state index in [1.165, 1.54) is 11.3 Å². The topological polar surface area (TPSA) is 42.0 Å². The quantitative estimate of drug-likeness (QED) is 0.863. The van der Waals surface area contributed by atoms with Crippen molar-refractivity contribution in [2.45, 2.75) is 13.3 Å². The minimum absolute atomic E-state index is 0.164. The normalized spacial score (nSPS) is 10.2. The number of carbonyl (C=O) groups is 1. The second-order valence-corrected chi connectivity index (χ2v) is 4.66. The third-order valence-corrected chi connectivity index (χ3v) is 3.13. The van der Waals surface area contributed by atoms with Gasteiger partial charge in [0.1, 0.15) is 5.15 Å². The van der Waals surface area contributed by atoms with Gasteiger partial charge in [0.2, 0.25) is 0 Å². The van der Waals surface area contributed by atoms with E-state index in [0.717, 1.165) is 17.8 Å². The predicted octanol–water partition coefficient (Wildman–Crippen LogP) is 3.61. The number of nitrogens with one attached hydrogen (secondary N) is 1. The van der Waals surface area contributed by atoms with E-state index in [9.17, 15) is 4.79 Å². The lowest BCUT2D eigenvalue weighted by atomic mass is 10.2. The third-order valence-electron chi connectivity index (χ3n) is 2.25. The summed E-state index contributed by atoms with van der Waals surface area (Å²) in [5, 5.41) is 6.93. The molecule has 0 aliphatic rings. The van der Waals surface area contributed by atoms with Crippen LogP contribution in [0.4, 0.5) is 5.69 Å². The Labute approximate surface area is 108 Å². The highest BCUT2D eigenvalue weighted by molar-refractivity contribution is 7.08. The molecule has 3 nitrogen and oxygen atoms in total. The maximum absolute atomic E-state index is 11.9. The summed E-state index contributed by atoms with van der Waals surface area (Å²) in [6, 6.07) is 5.18. The van der Waals surface area contributed by atoms with Crippen molar-refractivity contribution in [2.24, 2.45) is 0 Å². The zero-order chi connectivity index (χ0) is 12.3. The summed E-state index contributed by atoms with van der Waals surface area (Å²) in [4.78, 5) is 16.1. The molecule has 2 rings (SSSR count). The first-order valence-corrected chi connectivity index (χ1v) is 6.51. The molecule has 88 valence electrons. The molecule has 2 aromatic heterocycles. The summed E-state index contributed by atoms with van der Waals surface area (Å²) in [6.07, 6.45) is 0.749. The molecular formula is C12H11ClN2OS. The number of pyridine rings is 1. The molecule has 0 aliphatic heterocycles. The van der Waals surface area contributed by atoms with Crippen LogP contribution in [0.2, 0.25) is 5.15 Å². The maximum atomic E-state index is 11.9. The molecule has 0 unspecified atom stereocenters. The molecule has 0 spiro atoms. The van der Waals surface area contributed by atoms with Crippen LogP contribution in [-0.2, 0) is 6.42 Å². The van der Waals surface area contributed by atoms with Gasteiger partial charge in [-0.3, -0.25) is 4.79 Å². The summed E-state index contributed by atoms with van der Waals surface area (Å²) in [5.74, 6) is -0.164. The van der Waals surface area contributed by atoms with Crippen molar-refractivity contribution in [1.82, 2.24) is 4.98 Å². The number of halogens is 1. The average molecular weight is 267 g/mol. The Kier molecular flexibility index (Phi) is 3.76. The number of aromatic nitrogens is 1. The number of carbonyl (C=O) groups excluding carboxylic acids is 1. The van der Waals surface area contributed by atoms with Crippen molar-refractivity contribution in [1.29, 1.82) is 0 Å². The van der Waals surface area contributed by atoms with Crippen molar-refractivity contribution in [3.05, 3.63) is 45.4 Å². The summed E-state index contributed by atoms with van der Waals surface area (Å²) in [5.41, 5.74) is 2.15. The lowest BCUT2D eigenvalue weighted by Gasteiger charge is -2.05. The van der Waals surface area contributed by atoms with Crippen LogP contribution in [0, 0.1) is 0 Å². The van der Waals surface area contributed by atoms with Crippen LogP contribution < -0.4 is 5.32 Å². The maximum Gasteiger partial charge on any atom is 0.255 e. The van der Waals surface area contributed by atoms with Gasteiger partial charge >= 0.3 is 0 Å². The monoisotopic (exact) mass is 266 g/mol. The van der Waals surface area contributed by atoms with E-state index in [-0.39, 0.29) is 5.91 Å². The fourth-order valence-electron chi connectivity index (χ4n) is 1.40. The molecular weight excluding hydrogens is 256 g/mol. The largest absolute Gasteiger partial charge is 0.321 e. The fraction of sp³-hybridized carbons (Fsp3) is 0.167. The number of hydrogen-bond donors (Lipinski definition) is 1. The van der Waals surface area contributed by atoms with E-state index in [4.69, 9.17) is 11.6 Å². The van der Waals surface area contributed by atoms with Gasteiger partial charge in [0.05, 0.1) is 5.69 Å². The Balaban J connectivity index is 2.21. The fourth-order valence-corrected chi connectivity index (χ4v) is 2.22. The van der Waals surface area contributed by atoms with Gasteiger partial charge < -0.3 is 5.32 Å². The summed E-state index contributed by atoms with van der Waals surface area (Å²) in [6.45, 7) is 1.97. The van der Waals surface area contributed by atoms with Crippen molar-refractivity contribution >= 4 is 34.5 Å². The van der Waals surface area contributed by atoms with Crippen molar-refractivity contribution < 1.29 is 4.79 Å². The van der Waals surface area contributed by atoms with E-state index < -0.39 is 0 Å². The van der Waals surface area contributed by atoms with E-state index in [2.05, 4.69) is 10.3 Å². The van der Waals surface area contributed by atoms with Gasteiger partial charge in [0.25, 0.3) is 5.91 Å². The molecule has 0 saturated carbocycles. The second-order valence-electron chi connectivity index (χ2n) is 3.49. The lowest BCUT2D eigenvalue weighted by Crippen LogP contribution is -2.12. The van der Waals surface area contributed by atoms with Gasteiger partial charge in [0, 0.05) is 16.6 Å². The molecule has 2 heterocycles. The highest BCUT2D eigenvalue weighted by Crippen LogP contribution is 2.16. The molecule has 1 amide bonds. The van der Waals surface area contributed by atoms with Crippen LogP contribution in [0.1, 0.15) is 23.0 Å². The summed E-state index contributed by atoms with van der Waals surface area (Å²) in [7, 11) is 0. The molecule has 0 aromatic carbocycles. The van der Waals surface area contributed by atoms with E-state index >= 15 is 0 Å². The molecule has 17 heavy (non-hydrogen) atoms. The first-order valence-electron chi connectivity index (χ1n) is 5.19. The lowest BCUT2D eigenvalue weighted by molar-refractivity contribution is 0.102. The molecule has 0 saturated heterocycles.